The number of rotatable bonds is 1. The molecule has 0 amide bonds. The third kappa shape index (κ3) is 1.36. The van der Waals surface area contributed by atoms with Gasteiger partial charge in [0, 0.05) is 17.1 Å². The zero-order valence-corrected chi connectivity index (χ0v) is 8.52. The molecular formula is C11H9ClN2. The van der Waals surface area contributed by atoms with E-state index in [9.17, 15) is 0 Å². The van der Waals surface area contributed by atoms with Crippen LogP contribution in [-0.4, -0.2) is 4.98 Å². The molecule has 14 heavy (non-hydrogen) atoms. The van der Waals surface area contributed by atoms with Crippen molar-refractivity contribution >= 4 is 22.5 Å². The van der Waals surface area contributed by atoms with Crippen LogP contribution in [0, 0.1) is 18.3 Å². The van der Waals surface area contributed by atoms with Crippen LogP contribution < -0.4 is 0 Å². The molecule has 0 bridgehead atoms. The van der Waals surface area contributed by atoms with Gasteiger partial charge in [-0.25, -0.2) is 0 Å². The summed E-state index contributed by atoms with van der Waals surface area (Å²) in [5.74, 6) is 0. The van der Waals surface area contributed by atoms with Gasteiger partial charge < -0.3 is 4.98 Å². The fourth-order valence-electron chi connectivity index (χ4n) is 1.64. The number of hydrogen-bond donors (Lipinski definition) is 1. The van der Waals surface area contributed by atoms with E-state index in [1.165, 1.54) is 0 Å². The molecule has 2 rings (SSSR count). The normalized spacial score (nSPS) is 10.4. The molecule has 1 heterocycles. The van der Waals surface area contributed by atoms with Crippen LogP contribution in [-0.2, 0) is 6.42 Å². The Morgan fingerprint density at radius 1 is 1.50 bits per heavy atom. The molecule has 0 unspecified atom stereocenters. The molecule has 0 saturated carbocycles. The summed E-state index contributed by atoms with van der Waals surface area (Å²) in [7, 11) is 0. The van der Waals surface area contributed by atoms with Crippen molar-refractivity contribution in [1.82, 2.24) is 4.98 Å². The highest BCUT2D eigenvalue weighted by Crippen LogP contribution is 2.28. The Bertz CT molecular complexity index is 520. The van der Waals surface area contributed by atoms with Crippen LogP contribution in [0.3, 0.4) is 0 Å². The second-order valence-electron chi connectivity index (χ2n) is 3.32. The minimum atomic E-state index is 0.392. The smallest absolute Gasteiger partial charge is 0.0670 e. The maximum absolute atomic E-state index is 8.64. The van der Waals surface area contributed by atoms with Crippen LogP contribution in [0.1, 0.15) is 11.1 Å². The SMILES string of the molecule is Cc1cc(Cl)c2c(CC#N)c[nH]c2c1. The standard InChI is InChI=1S/C11H9ClN2/c1-7-4-9(12)11-8(2-3-13)6-14-10(11)5-7/h4-6,14H,2H2,1H3. The first-order valence-electron chi connectivity index (χ1n) is 4.35. The molecule has 1 aromatic heterocycles. The minimum absolute atomic E-state index is 0.392. The van der Waals surface area contributed by atoms with Crippen LogP contribution in [0.15, 0.2) is 18.3 Å². The largest absolute Gasteiger partial charge is 0.361 e. The van der Waals surface area contributed by atoms with Gasteiger partial charge in [0.25, 0.3) is 0 Å². The average Bonchev–Trinajstić information content (AvgIpc) is 2.49. The van der Waals surface area contributed by atoms with Crippen LogP contribution >= 0.6 is 11.6 Å². The number of nitriles is 1. The van der Waals surface area contributed by atoms with Crippen molar-refractivity contribution in [2.45, 2.75) is 13.3 Å². The summed E-state index contributed by atoms with van der Waals surface area (Å²) in [5.41, 5.74) is 3.08. The highest BCUT2D eigenvalue weighted by molar-refractivity contribution is 6.35. The second-order valence-corrected chi connectivity index (χ2v) is 3.73. The Kier molecular flexibility index (Phi) is 2.18. The molecule has 0 fully saturated rings. The lowest BCUT2D eigenvalue weighted by atomic mass is 10.1. The zero-order valence-electron chi connectivity index (χ0n) is 7.76. The molecule has 0 aliphatic heterocycles. The Labute approximate surface area is 87.1 Å². The van der Waals surface area contributed by atoms with Crippen LogP contribution in [0.4, 0.5) is 0 Å². The Morgan fingerprint density at radius 3 is 3.00 bits per heavy atom. The lowest BCUT2D eigenvalue weighted by molar-refractivity contribution is 1.28. The lowest BCUT2D eigenvalue weighted by Gasteiger charge is -1.98. The highest BCUT2D eigenvalue weighted by Gasteiger charge is 2.07. The minimum Gasteiger partial charge on any atom is -0.361 e. The highest BCUT2D eigenvalue weighted by atomic mass is 35.5. The van der Waals surface area contributed by atoms with Gasteiger partial charge in [-0.1, -0.05) is 11.6 Å². The van der Waals surface area contributed by atoms with E-state index in [4.69, 9.17) is 16.9 Å². The maximum atomic E-state index is 8.64. The van der Waals surface area contributed by atoms with Crippen LogP contribution in [0.5, 0.6) is 0 Å². The van der Waals surface area contributed by atoms with E-state index in [1.807, 2.05) is 25.3 Å². The third-order valence-electron chi connectivity index (χ3n) is 2.23. The number of benzene rings is 1. The van der Waals surface area contributed by atoms with E-state index in [1.54, 1.807) is 0 Å². The molecule has 0 saturated heterocycles. The van der Waals surface area contributed by atoms with E-state index in [-0.39, 0.29) is 0 Å². The molecule has 0 aliphatic carbocycles. The molecule has 2 aromatic rings. The van der Waals surface area contributed by atoms with Gasteiger partial charge >= 0.3 is 0 Å². The van der Waals surface area contributed by atoms with E-state index in [0.717, 1.165) is 22.0 Å². The van der Waals surface area contributed by atoms with Gasteiger partial charge in [0.15, 0.2) is 0 Å². The number of aryl methyl sites for hydroxylation is 1. The van der Waals surface area contributed by atoms with Gasteiger partial charge in [-0.3, -0.25) is 0 Å². The van der Waals surface area contributed by atoms with E-state index >= 15 is 0 Å². The topological polar surface area (TPSA) is 39.6 Å². The molecule has 0 atom stereocenters. The summed E-state index contributed by atoms with van der Waals surface area (Å²) in [6.45, 7) is 2.00. The summed E-state index contributed by atoms with van der Waals surface area (Å²) in [6, 6.07) is 6.07. The molecule has 0 radical (unpaired) electrons. The maximum Gasteiger partial charge on any atom is 0.0670 e. The summed E-state index contributed by atoms with van der Waals surface area (Å²) < 4.78 is 0. The molecule has 3 heteroatoms. The first-order chi connectivity index (χ1) is 6.72. The Hall–Kier alpha value is -1.46. The number of aromatic amines is 1. The van der Waals surface area contributed by atoms with Crippen molar-refractivity contribution in [3.05, 3.63) is 34.5 Å². The van der Waals surface area contributed by atoms with Gasteiger partial charge in [0.1, 0.15) is 0 Å². The van der Waals surface area contributed by atoms with Crippen molar-refractivity contribution in [3.8, 4) is 6.07 Å². The van der Waals surface area contributed by atoms with Gasteiger partial charge in [0.05, 0.1) is 17.5 Å². The molecule has 70 valence electrons. The number of aromatic nitrogens is 1. The zero-order chi connectivity index (χ0) is 10.1. The fraction of sp³-hybridized carbons (Fsp3) is 0.182. The van der Waals surface area contributed by atoms with Gasteiger partial charge in [-0.2, -0.15) is 5.26 Å². The number of fused-ring (bicyclic) bond motifs is 1. The lowest BCUT2D eigenvalue weighted by Crippen LogP contribution is -1.80. The van der Waals surface area contributed by atoms with E-state index < -0.39 is 0 Å². The van der Waals surface area contributed by atoms with Crippen molar-refractivity contribution in [3.63, 3.8) is 0 Å². The predicted octanol–water partition coefficient (Wildman–Crippen LogP) is 3.20. The first kappa shape index (κ1) is 9.11. The summed E-state index contributed by atoms with van der Waals surface area (Å²) >= 11 is 6.12. The molecular weight excluding hydrogens is 196 g/mol. The average molecular weight is 205 g/mol. The first-order valence-corrected chi connectivity index (χ1v) is 4.73. The van der Waals surface area contributed by atoms with Crippen molar-refractivity contribution in [2.75, 3.05) is 0 Å². The summed E-state index contributed by atoms with van der Waals surface area (Å²) in [6.07, 6.45) is 2.24. The Balaban J connectivity index is 2.74. The third-order valence-corrected chi connectivity index (χ3v) is 2.53. The molecule has 1 N–H and O–H groups in total. The Morgan fingerprint density at radius 2 is 2.29 bits per heavy atom. The summed E-state index contributed by atoms with van der Waals surface area (Å²) in [4.78, 5) is 3.12. The molecule has 1 aromatic carbocycles. The summed E-state index contributed by atoms with van der Waals surface area (Å²) in [5, 5.41) is 10.3. The molecule has 2 nitrogen and oxygen atoms in total. The van der Waals surface area contributed by atoms with Crippen molar-refractivity contribution < 1.29 is 0 Å². The quantitative estimate of drug-likeness (QED) is 0.762. The van der Waals surface area contributed by atoms with Crippen LogP contribution in [0.2, 0.25) is 5.02 Å². The number of hydrogen-bond acceptors (Lipinski definition) is 1. The predicted molar refractivity (Wildman–Crippen MR) is 57.4 cm³/mol. The second kappa shape index (κ2) is 3.36. The van der Waals surface area contributed by atoms with Gasteiger partial charge in [0.2, 0.25) is 0 Å². The monoisotopic (exact) mass is 204 g/mol. The van der Waals surface area contributed by atoms with Crippen LogP contribution in [0.25, 0.3) is 10.9 Å². The van der Waals surface area contributed by atoms with E-state index in [0.29, 0.717) is 11.4 Å². The van der Waals surface area contributed by atoms with E-state index in [2.05, 4.69) is 11.1 Å². The molecule has 0 aliphatic rings. The number of nitrogens with zero attached hydrogens (tertiary/aromatic N) is 1. The number of halogens is 1. The van der Waals surface area contributed by atoms with Crippen molar-refractivity contribution in [1.29, 1.82) is 5.26 Å². The fourth-order valence-corrected chi connectivity index (χ4v) is 2.04. The number of H-pyrrole nitrogens is 1. The number of nitrogens with one attached hydrogen (secondary N) is 1. The molecule has 0 spiro atoms. The van der Waals surface area contributed by atoms with Gasteiger partial charge in [-0.15, -0.1) is 0 Å². The van der Waals surface area contributed by atoms with Crippen molar-refractivity contribution in [2.24, 2.45) is 0 Å². The van der Waals surface area contributed by atoms with Gasteiger partial charge in [-0.05, 0) is 30.2 Å².